The molecule has 1 N–H and O–H groups in total. The molecule has 24 heavy (non-hydrogen) atoms. The molecular weight excluding hydrogens is 328 g/mol. The lowest BCUT2D eigenvalue weighted by Crippen LogP contribution is -2.42. The number of thiazole rings is 1. The van der Waals surface area contributed by atoms with Crippen molar-refractivity contribution in [2.75, 3.05) is 5.32 Å². The monoisotopic (exact) mass is 344 g/mol. The van der Waals surface area contributed by atoms with Crippen LogP contribution in [0.2, 0.25) is 0 Å². The lowest BCUT2D eigenvalue weighted by atomic mass is 10.1. The fourth-order valence-electron chi connectivity index (χ4n) is 2.20. The van der Waals surface area contributed by atoms with Gasteiger partial charge in [-0.2, -0.15) is 0 Å². The van der Waals surface area contributed by atoms with Crippen LogP contribution in [0, 0.1) is 6.92 Å². The Kier molecular flexibility index (Phi) is 4.11. The highest BCUT2D eigenvalue weighted by molar-refractivity contribution is 7.09. The molecule has 0 bridgehead atoms. The maximum absolute atomic E-state index is 11.9. The van der Waals surface area contributed by atoms with Crippen LogP contribution in [-0.4, -0.2) is 22.7 Å². The van der Waals surface area contributed by atoms with E-state index in [2.05, 4.69) is 10.3 Å². The Morgan fingerprint density at radius 2 is 1.92 bits per heavy atom. The predicted octanol–water partition coefficient (Wildman–Crippen LogP) is 3.25. The van der Waals surface area contributed by atoms with Gasteiger partial charge in [-0.3, -0.25) is 0 Å². The van der Waals surface area contributed by atoms with Gasteiger partial charge < -0.3 is 14.8 Å². The van der Waals surface area contributed by atoms with E-state index in [9.17, 15) is 9.59 Å². The van der Waals surface area contributed by atoms with E-state index >= 15 is 0 Å². The first-order chi connectivity index (χ1) is 11.3. The van der Waals surface area contributed by atoms with E-state index in [0.717, 1.165) is 22.0 Å². The van der Waals surface area contributed by atoms with E-state index in [0.29, 0.717) is 0 Å². The van der Waals surface area contributed by atoms with Crippen molar-refractivity contribution >= 4 is 29.0 Å². The lowest BCUT2D eigenvalue weighted by Gasteiger charge is -2.29. The maximum atomic E-state index is 11.9. The quantitative estimate of drug-likeness (QED) is 0.523. The molecule has 0 amide bonds. The number of benzene rings is 1. The maximum Gasteiger partial charge on any atom is 0.350 e. The summed E-state index contributed by atoms with van der Waals surface area (Å²) in [6.07, 6.45) is 1.30. The fraction of sp³-hybridized carbons (Fsp3) is 0.235. The molecule has 0 saturated carbocycles. The predicted molar refractivity (Wildman–Crippen MR) is 90.3 cm³/mol. The number of hydrogen-bond donors (Lipinski definition) is 1. The molecule has 1 saturated heterocycles. The average molecular weight is 344 g/mol. The van der Waals surface area contributed by atoms with Crippen molar-refractivity contribution in [3.8, 4) is 11.3 Å². The molecule has 2 aromatic rings. The number of carbonyl (C=O) groups excluding carboxylic acids is 2. The molecule has 3 rings (SSSR count). The first kappa shape index (κ1) is 16.2. The molecule has 6 nitrogen and oxygen atoms in total. The number of carbonyl (C=O) groups is 2. The minimum Gasteiger partial charge on any atom is -0.419 e. The van der Waals surface area contributed by atoms with Crippen LogP contribution in [-0.2, 0) is 19.1 Å². The zero-order valence-electron chi connectivity index (χ0n) is 13.5. The molecule has 0 spiro atoms. The standard InChI is InChI=1S/C17H16N2O4S/c1-10-19-14(9-24-10)11-5-4-6-12(7-11)18-8-13-15(20)22-17(2,3)23-16(13)21/h4-9,18H,1-3H3. The van der Waals surface area contributed by atoms with Crippen LogP contribution in [0.25, 0.3) is 11.3 Å². The van der Waals surface area contributed by atoms with Crippen LogP contribution >= 0.6 is 11.3 Å². The van der Waals surface area contributed by atoms with E-state index in [1.54, 1.807) is 11.3 Å². The number of rotatable bonds is 3. The normalized spacial score (nSPS) is 16.4. The number of aryl methyl sites for hydroxylation is 1. The van der Waals surface area contributed by atoms with Gasteiger partial charge in [-0.05, 0) is 19.1 Å². The van der Waals surface area contributed by atoms with Crippen molar-refractivity contribution in [1.82, 2.24) is 4.98 Å². The average Bonchev–Trinajstić information content (AvgIpc) is 2.92. The number of esters is 2. The van der Waals surface area contributed by atoms with Gasteiger partial charge in [0.2, 0.25) is 0 Å². The van der Waals surface area contributed by atoms with Gasteiger partial charge in [0.05, 0.1) is 10.7 Å². The number of ether oxygens (including phenoxy) is 2. The summed E-state index contributed by atoms with van der Waals surface area (Å²) in [5, 5.41) is 5.90. The van der Waals surface area contributed by atoms with Crippen LogP contribution in [0.5, 0.6) is 0 Å². The Morgan fingerprint density at radius 3 is 2.54 bits per heavy atom. The Bertz CT molecular complexity index is 817. The SMILES string of the molecule is Cc1nc(-c2cccc(NC=C3C(=O)OC(C)(C)OC3=O)c2)cs1. The molecule has 1 aliphatic rings. The smallest absolute Gasteiger partial charge is 0.350 e. The molecule has 1 aliphatic heterocycles. The Labute approximate surface area is 143 Å². The molecular formula is C17H16N2O4S. The number of anilines is 1. The number of hydrogen-bond acceptors (Lipinski definition) is 7. The van der Waals surface area contributed by atoms with Gasteiger partial charge in [-0.25, -0.2) is 14.6 Å². The van der Waals surface area contributed by atoms with Crippen LogP contribution in [0.3, 0.4) is 0 Å². The van der Waals surface area contributed by atoms with Gasteiger partial charge in [0.25, 0.3) is 5.79 Å². The number of aromatic nitrogens is 1. The molecule has 124 valence electrons. The van der Waals surface area contributed by atoms with Crippen molar-refractivity contribution in [3.63, 3.8) is 0 Å². The fourth-order valence-corrected chi connectivity index (χ4v) is 2.82. The van der Waals surface area contributed by atoms with Gasteiger partial charge in [-0.15, -0.1) is 11.3 Å². The van der Waals surface area contributed by atoms with Gasteiger partial charge in [-0.1, -0.05) is 12.1 Å². The van der Waals surface area contributed by atoms with Gasteiger partial charge in [0, 0.05) is 36.7 Å². The zero-order chi connectivity index (χ0) is 17.3. The molecule has 7 heteroatoms. The van der Waals surface area contributed by atoms with Crippen molar-refractivity contribution < 1.29 is 19.1 Å². The molecule has 0 radical (unpaired) electrons. The molecule has 0 unspecified atom stereocenters. The van der Waals surface area contributed by atoms with Crippen LogP contribution in [0.15, 0.2) is 41.4 Å². The van der Waals surface area contributed by atoms with Gasteiger partial charge >= 0.3 is 11.9 Å². The van der Waals surface area contributed by atoms with Gasteiger partial charge in [0.1, 0.15) is 0 Å². The largest absolute Gasteiger partial charge is 0.419 e. The highest BCUT2D eigenvalue weighted by Gasteiger charge is 2.38. The third kappa shape index (κ3) is 3.46. The summed E-state index contributed by atoms with van der Waals surface area (Å²) in [5.74, 6) is -2.67. The summed E-state index contributed by atoms with van der Waals surface area (Å²) in [4.78, 5) is 28.2. The zero-order valence-corrected chi connectivity index (χ0v) is 14.3. The minimum atomic E-state index is -1.24. The number of nitrogens with one attached hydrogen (secondary N) is 1. The summed E-state index contributed by atoms with van der Waals surface area (Å²) in [7, 11) is 0. The number of cyclic esters (lactones) is 2. The van der Waals surface area contributed by atoms with Crippen molar-refractivity contribution in [3.05, 3.63) is 46.4 Å². The first-order valence-electron chi connectivity index (χ1n) is 7.30. The third-order valence-corrected chi connectivity index (χ3v) is 4.05. The summed E-state index contributed by atoms with van der Waals surface area (Å²) < 4.78 is 10.1. The molecule has 1 aromatic carbocycles. The summed E-state index contributed by atoms with van der Waals surface area (Å²) in [6.45, 7) is 4.96. The summed E-state index contributed by atoms with van der Waals surface area (Å²) >= 11 is 1.58. The summed E-state index contributed by atoms with van der Waals surface area (Å²) in [5.41, 5.74) is 2.37. The Balaban J connectivity index is 1.79. The van der Waals surface area contributed by atoms with E-state index in [4.69, 9.17) is 9.47 Å². The van der Waals surface area contributed by atoms with Crippen molar-refractivity contribution in [1.29, 1.82) is 0 Å². The second-order valence-electron chi connectivity index (χ2n) is 5.71. The van der Waals surface area contributed by atoms with E-state index in [-0.39, 0.29) is 5.57 Å². The van der Waals surface area contributed by atoms with Crippen LogP contribution in [0.4, 0.5) is 5.69 Å². The molecule has 1 fully saturated rings. The van der Waals surface area contributed by atoms with E-state index < -0.39 is 17.7 Å². The molecule has 1 aromatic heterocycles. The van der Waals surface area contributed by atoms with Crippen LogP contribution < -0.4 is 5.32 Å². The number of nitrogens with zero attached hydrogens (tertiary/aromatic N) is 1. The highest BCUT2D eigenvalue weighted by Crippen LogP contribution is 2.25. The highest BCUT2D eigenvalue weighted by atomic mass is 32.1. The second-order valence-corrected chi connectivity index (χ2v) is 6.78. The molecule has 0 aliphatic carbocycles. The van der Waals surface area contributed by atoms with Crippen molar-refractivity contribution in [2.24, 2.45) is 0 Å². The van der Waals surface area contributed by atoms with Crippen LogP contribution in [0.1, 0.15) is 18.9 Å². The lowest BCUT2D eigenvalue weighted by molar-refractivity contribution is -0.222. The van der Waals surface area contributed by atoms with E-state index in [1.165, 1.54) is 20.0 Å². The second kappa shape index (κ2) is 6.09. The Hall–Kier alpha value is -2.67. The third-order valence-electron chi connectivity index (χ3n) is 3.28. The minimum absolute atomic E-state index is 0.177. The summed E-state index contributed by atoms with van der Waals surface area (Å²) in [6, 6.07) is 7.52. The van der Waals surface area contributed by atoms with Crippen molar-refractivity contribution in [2.45, 2.75) is 26.6 Å². The first-order valence-corrected chi connectivity index (χ1v) is 8.18. The topological polar surface area (TPSA) is 77.5 Å². The molecule has 2 heterocycles. The Morgan fingerprint density at radius 1 is 1.21 bits per heavy atom. The van der Waals surface area contributed by atoms with Gasteiger partial charge in [0.15, 0.2) is 5.57 Å². The van der Waals surface area contributed by atoms with E-state index in [1.807, 2.05) is 36.6 Å². The molecule has 0 atom stereocenters.